The summed E-state index contributed by atoms with van der Waals surface area (Å²) in [5.41, 5.74) is 8.44. The fourth-order valence-electron chi connectivity index (χ4n) is 8.13. The van der Waals surface area contributed by atoms with E-state index in [0.717, 1.165) is 118 Å². The molecule has 0 amide bonds. The van der Waals surface area contributed by atoms with Gasteiger partial charge >= 0.3 is 7.87 Å². The lowest BCUT2D eigenvalue weighted by molar-refractivity contribution is 0.339. The van der Waals surface area contributed by atoms with Gasteiger partial charge < -0.3 is 0 Å². The quantitative estimate of drug-likeness (QED) is 0.0706. The molecule has 0 aromatic heterocycles. The molecule has 0 aromatic rings. The van der Waals surface area contributed by atoms with Crippen LogP contribution in [-0.2, 0) is 0 Å². The van der Waals surface area contributed by atoms with Crippen LogP contribution in [0, 0.1) is 0 Å². The van der Waals surface area contributed by atoms with E-state index in [1.165, 1.54) is 0 Å². The van der Waals surface area contributed by atoms with Gasteiger partial charge in [-0.2, -0.15) is 0 Å². The van der Waals surface area contributed by atoms with Crippen molar-refractivity contribution in [2.75, 3.05) is 118 Å². The number of hydrogen-bond donors (Lipinski definition) is 1. The van der Waals surface area contributed by atoms with Gasteiger partial charge in [0.15, 0.2) is 0 Å². The average molecular weight is 831 g/mol. The highest BCUT2D eigenvalue weighted by Crippen LogP contribution is 2.80. The van der Waals surface area contributed by atoms with Crippen LogP contribution in [0.1, 0.15) is 125 Å². The molecule has 0 spiro atoms. The van der Waals surface area contributed by atoms with Crippen molar-refractivity contribution in [2.24, 2.45) is 19.1 Å². The first-order chi connectivity index (χ1) is 25.3. The van der Waals surface area contributed by atoms with Crippen LogP contribution in [0.4, 0.5) is 0 Å². The monoisotopic (exact) mass is 831 g/mol. The summed E-state index contributed by atoms with van der Waals surface area (Å²) >= 11 is 0. The molecule has 0 radical (unpaired) electrons. The molecule has 17 heteroatoms. The van der Waals surface area contributed by atoms with E-state index in [9.17, 15) is 0 Å². The Labute approximate surface area is 332 Å². The maximum Gasteiger partial charge on any atom is 0.448 e. The molecule has 53 heavy (non-hydrogen) atoms. The summed E-state index contributed by atoms with van der Waals surface area (Å²) in [6.07, 6.45) is 0. The lowest BCUT2D eigenvalue weighted by Crippen LogP contribution is -2.43. The van der Waals surface area contributed by atoms with E-state index in [-0.39, 0.29) is 0 Å². The summed E-state index contributed by atoms with van der Waals surface area (Å²) < 4.78 is 42.9. The zero-order valence-electron chi connectivity index (χ0n) is 38.5. The minimum atomic E-state index is -3.41. The molecular weight excluding hydrogens is 738 g/mol. The highest BCUT2D eigenvalue weighted by atomic mass is 31.3. The first kappa shape index (κ1) is 53.7. The van der Waals surface area contributed by atoms with Gasteiger partial charge in [0.25, 0.3) is 0 Å². The summed E-state index contributed by atoms with van der Waals surface area (Å²) in [5.74, 6) is 0. The first-order valence-corrected chi connectivity index (χ1v) is 28.2. The van der Waals surface area contributed by atoms with Gasteiger partial charge in [-0.15, -0.1) is 5.50 Å². The molecule has 0 bridgehead atoms. The number of rotatable bonds is 30. The predicted molar refractivity (Wildman–Crippen MR) is 245 cm³/mol. The molecule has 2 N–H and O–H groups in total. The summed E-state index contributed by atoms with van der Waals surface area (Å²) in [5, 5.41) is 0. The van der Waals surface area contributed by atoms with Crippen molar-refractivity contribution in [3.8, 4) is 0 Å². The molecule has 0 aromatic carbocycles. The highest BCUT2D eigenvalue weighted by Gasteiger charge is 2.54. The Morgan fingerprint density at radius 2 is 0.358 bits per heavy atom. The fraction of sp³-hybridized carbons (Fsp3) is 1.00. The lowest BCUT2D eigenvalue weighted by atomic mass is 10.7. The minimum absolute atomic E-state index is 0.881. The Bertz CT molecular complexity index is 870. The van der Waals surface area contributed by atoms with Gasteiger partial charge in [-0.25, -0.2) is 42.0 Å². The van der Waals surface area contributed by atoms with Gasteiger partial charge in [0.05, 0.1) is 0 Å². The van der Waals surface area contributed by atoms with E-state index >= 15 is 0 Å². The third kappa shape index (κ3) is 11.5. The molecule has 0 atom stereocenters. The summed E-state index contributed by atoms with van der Waals surface area (Å²) in [6.45, 7) is 57.2. The summed E-state index contributed by atoms with van der Waals surface area (Å²) in [6, 6.07) is 0. The molecule has 0 saturated heterocycles. The largest absolute Gasteiger partial charge is 0.448 e. The number of nitrogens with zero attached hydrogens (tertiary/aromatic N) is 12. The zero-order valence-corrected chi connectivity index (χ0v) is 42.0. The van der Waals surface area contributed by atoms with Crippen molar-refractivity contribution in [3.05, 3.63) is 0 Å². The van der Waals surface area contributed by atoms with Gasteiger partial charge in [0.1, 0.15) is 0 Å². The summed E-state index contributed by atoms with van der Waals surface area (Å²) in [7, 11) is -11.3. The smallest absolute Gasteiger partial charge is 0.243 e. The van der Waals surface area contributed by atoms with Crippen molar-refractivity contribution in [1.82, 2.24) is 42.0 Å². The van der Waals surface area contributed by atoms with Crippen LogP contribution in [0.3, 0.4) is 0 Å². The van der Waals surface area contributed by atoms with Gasteiger partial charge in [-0.3, -0.25) is 0 Å². The van der Waals surface area contributed by atoms with E-state index in [1.807, 2.05) is 0 Å². The van der Waals surface area contributed by atoms with Crippen molar-refractivity contribution in [2.45, 2.75) is 125 Å². The van der Waals surface area contributed by atoms with Gasteiger partial charge in [-0.05, 0) is 13.5 Å². The van der Waals surface area contributed by atoms with Crippen LogP contribution in [-0.4, -0.2) is 160 Å². The highest BCUT2D eigenvalue weighted by molar-refractivity contribution is 7.84. The predicted octanol–water partition coefficient (Wildman–Crippen LogP) is 10.5. The van der Waals surface area contributed by atoms with Gasteiger partial charge in [0, 0.05) is 118 Å². The molecule has 13 nitrogen and oxygen atoms in total. The Hall–Kier alpha value is 0.720. The molecule has 0 aliphatic carbocycles. The lowest BCUT2D eigenvalue weighted by Gasteiger charge is -2.49. The first-order valence-electron chi connectivity index (χ1n) is 21.7. The van der Waals surface area contributed by atoms with E-state index in [0.29, 0.717) is 0 Å². The van der Waals surface area contributed by atoms with Crippen LogP contribution >= 0.6 is 30.4 Å². The standard InChI is InChI=1S/C36H92N13P4/c1-19-41(20-2)51(42(21-3)22-4,43(23-5)24-6)38-50(37,39-52(44(25-7)26-8,45(27-9)28-10)46(29-11)30-12)40-53(47(31-13)32-14,48(33-15)34-16)49(35-17)36-18/h19-37H2,1-18H3/q+1. The fourth-order valence-corrected chi connectivity index (χ4v) is 27.9. The van der Waals surface area contributed by atoms with Gasteiger partial charge in [0.2, 0.25) is 22.5 Å². The number of nitrogens with two attached hydrogens (primary N) is 1. The molecule has 0 aliphatic heterocycles. The van der Waals surface area contributed by atoms with Crippen LogP contribution in [0.25, 0.3) is 0 Å². The Morgan fingerprint density at radius 3 is 0.434 bits per heavy atom. The van der Waals surface area contributed by atoms with E-state index in [2.05, 4.69) is 167 Å². The van der Waals surface area contributed by atoms with Gasteiger partial charge in [-0.1, -0.05) is 125 Å². The molecule has 320 valence electrons. The Kier molecular flexibility index (Phi) is 27.0. The molecule has 0 saturated carbocycles. The van der Waals surface area contributed by atoms with E-state index < -0.39 is 30.4 Å². The molecule has 0 aliphatic rings. The SMILES string of the molecule is CCN(CC)P(=N[P+](N)(N=P(N(CC)CC)(N(CC)CC)N(CC)CC)N=P(N(CC)CC)(N(CC)CC)N(CC)CC)(N(CC)CC)N(CC)CC. The van der Waals surface area contributed by atoms with E-state index in [4.69, 9.17) is 19.1 Å². The third-order valence-electron chi connectivity index (χ3n) is 10.7. The van der Waals surface area contributed by atoms with Crippen LogP contribution in [0.5, 0.6) is 0 Å². The normalized spacial score (nSPS) is 13.8. The Balaban J connectivity index is 10.3. The van der Waals surface area contributed by atoms with Crippen molar-refractivity contribution in [3.63, 3.8) is 0 Å². The van der Waals surface area contributed by atoms with Crippen molar-refractivity contribution < 1.29 is 0 Å². The maximum absolute atomic E-state index is 8.44. The maximum atomic E-state index is 8.44. The summed E-state index contributed by atoms with van der Waals surface area (Å²) in [4.78, 5) is 0. The topological polar surface area (TPSA) is 92.3 Å². The minimum Gasteiger partial charge on any atom is -0.243 e. The third-order valence-corrected chi connectivity index (χ3v) is 28.7. The van der Waals surface area contributed by atoms with Crippen molar-refractivity contribution >= 4 is 30.4 Å². The van der Waals surface area contributed by atoms with Crippen LogP contribution in [0.2, 0.25) is 0 Å². The number of hydrogen-bond acceptors (Lipinski definition) is 4. The van der Waals surface area contributed by atoms with Crippen LogP contribution < -0.4 is 5.50 Å². The molecular formula is C36H92N13P4+. The zero-order chi connectivity index (χ0) is 41.0. The average Bonchev–Trinajstić information content (AvgIpc) is 3.15. The van der Waals surface area contributed by atoms with Crippen LogP contribution in [0.15, 0.2) is 13.5 Å². The van der Waals surface area contributed by atoms with Crippen molar-refractivity contribution in [1.29, 1.82) is 0 Å². The molecule has 0 rings (SSSR count). The second-order valence-corrected chi connectivity index (χ2v) is 24.4. The second kappa shape index (κ2) is 26.7. The Morgan fingerprint density at radius 1 is 0.264 bits per heavy atom. The molecule has 0 heterocycles. The molecule has 0 unspecified atom stereocenters. The van der Waals surface area contributed by atoms with E-state index in [1.54, 1.807) is 0 Å². The second-order valence-electron chi connectivity index (χ2n) is 12.7. The molecule has 0 fully saturated rings.